The second kappa shape index (κ2) is 7.40. The van der Waals surface area contributed by atoms with Crippen LogP contribution in [0.25, 0.3) is 0 Å². The van der Waals surface area contributed by atoms with E-state index >= 15 is 0 Å². The fourth-order valence-corrected chi connectivity index (χ4v) is 5.04. The standard InChI is InChI=1S/C23H32N2O2/c1-19-8-17-27-22(18-19)9-15-25(16-10-22)21(26)23(11-13-24(2)14-12-23)20-6-4-3-5-7-20/h3-7,18H,8-17H2,1-2H3. The monoisotopic (exact) mass is 368 g/mol. The van der Waals surface area contributed by atoms with Crippen molar-refractivity contribution in [2.75, 3.05) is 39.8 Å². The summed E-state index contributed by atoms with van der Waals surface area (Å²) in [6.45, 7) is 6.56. The van der Waals surface area contributed by atoms with Crippen LogP contribution in [0.2, 0.25) is 0 Å². The number of benzene rings is 1. The molecule has 4 heteroatoms. The van der Waals surface area contributed by atoms with E-state index in [1.54, 1.807) is 0 Å². The van der Waals surface area contributed by atoms with Gasteiger partial charge in [-0.2, -0.15) is 0 Å². The summed E-state index contributed by atoms with van der Waals surface area (Å²) in [5, 5.41) is 0. The minimum Gasteiger partial charge on any atom is -0.370 e. The van der Waals surface area contributed by atoms with E-state index in [2.05, 4.69) is 54.1 Å². The Balaban J connectivity index is 1.54. The molecule has 3 heterocycles. The quantitative estimate of drug-likeness (QED) is 0.750. The van der Waals surface area contributed by atoms with Crippen molar-refractivity contribution >= 4 is 5.91 Å². The third kappa shape index (κ3) is 3.57. The van der Waals surface area contributed by atoms with Gasteiger partial charge in [-0.25, -0.2) is 0 Å². The molecule has 0 bridgehead atoms. The van der Waals surface area contributed by atoms with Gasteiger partial charge in [0.05, 0.1) is 17.6 Å². The molecular formula is C23H32N2O2. The van der Waals surface area contributed by atoms with Crippen LogP contribution in [0.1, 0.15) is 44.6 Å². The van der Waals surface area contributed by atoms with E-state index in [9.17, 15) is 4.79 Å². The van der Waals surface area contributed by atoms with E-state index < -0.39 is 0 Å². The van der Waals surface area contributed by atoms with E-state index in [1.165, 1.54) is 11.1 Å². The molecule has 146 valence electrons. The van der Waals surface area contributed by atoms with Gasteiger partial charge in [-0.3, -0.25) is 4.79 Å². The van der Waals surface area contributed by atoms with E-state index in [0.717, 1.165) is 64.9 Å². The number of nitrogens with zero attached hydrogens (tertiary/aromatic N) is 2. The number of carbonyl (C=O) groups is 1. The Morgan fingerprint density at radius 2 is 1.67 bits per heavy atom. The molecule has 2 saturated heterocycles. The first-order chi connectivity index (χ1) is 13.0. The molecule has 1 aromatic rings. The molecule has 1 spiro atoms. The van der Waals surface area contributed by atoms with Crippen LogP contribution in [-0.2, 0) is 14.9 Å². The molecule has 0 saturated carbocycles. The topological polar surface area (TPSA) is 32.8 Å². The summed E-state index contributed by atoms with van der Waals surface area (Å²) in [6.07, 6.45) is 7.00. The Morgan fingerprint density at radius 1 is 1.00 bits per heavy atom. The van der Waals surface area contributed by atoms with Crippen LogP contribution in [0.3, 0.4) is 0 Å². The third-order valence-electron chi connectivity index (χ3n) is 6.87. The zero-order chi connectivity index (χ0) is 18.9. The largest absolute Gasteiger partial charge is 0.370 e. The normalized spacial score (nSPS) is 25.3. The Morgan fingerprint density at radius 3 is 2.30 bits per heavy atom. The second-order valence-electron chi connectivity index (χ2n) is 8.70. The minimum atomic E-state index is -0.364. The van der Waals surface area contributed by atoms with Crippen LogP contribution in [0.5, 0.6) is 0 Å². The predicted molar refractivity (Wildman–Crippen MR) is 108 cm³/mol. The number of hydrogen-bond acceptors (Lipinski definition) is 3. The molecule has 0 aliphatic carbocycles. The lowest BCUT2D eigenvalue weighted by Gasteiger charge is -2.47. The van der Waals surface area contributed by atoms with Crippen LogP contribution in [0, 0.1) is 0 Å². The summed E-state index contributed by atoms with van der Waals surface area (Å²) in [6, 6.07) is 10.5. The SMILES string of the molecule is CC1=CC2(CCN(C(=O)C3(c4ccccc4)CCN(C)CC3)CC2)OCC1. The van der Waals surface area contributed by atoms with Crippen molar-refractivity contribution in [2.24, 2.45) is 0 Å². The average Bonchev–Trinajstić information content (AvgIpc) is 2.69. The van der Waals surface area contributed by atoms with Gasteiger partial charge in [0.1, 0.15) is 0 Å². The Labute approximate surface area is 163 Å². The van der Waals surface area contributed by atoms with Gasteiger partial charge in [0, 0.05) is 13.1 Å². The maximum absolute atomic E-state index is 13.8. The lowest BCUT2D eigenvalue weighted by atomic mass is 9.71. The van der Waals surface area contributed by atoms with Crippen LogP contribution in [-0.4, -0.2) is 61.1 Å². The molecule has 0 N–H and O–H groups in total. The van der Waals surface area contributed by atoms with Gasteiger partial charge in [-0.15, -0.1) is 0 Å². The number of piperidine rings is 2. The van der Waals surface area contributed by atoms with Gasteiger partial charge < -0.3 is 14.5 Å². The Hall–Kier alpha value is -1.65. The first-order valence-electron chi connectivity index (χ1n) is 10.4. The fourth-order valence-electron chi connectivity index (χ4n) is 5.04. The summed E-state index contributed by atoms with van der Waals surface area (Å²) in [5.41, 5.74) is 2.12. The molecule has 0 radical (unpaired) electrons. The first-order valence-corrected chi connectivity index (χ1v) is 10.4. The van der Waals surface area contributed by atoms with Crippen LogP contribution < -0.4 is 0 Å². The highest BCUT2D eigenvalue weighted by atomic mass is 16.5. The van der Waals surface area contributed by atoms with Crippen molar-refractivity contribution in [3.63, 3.8) is 0 Å². The number of ether oxygens (including phenoxy) is 1. The maximum Gasteiger partial charge on any atom is 0.233 e. The molecule has 4 rings (SSSR count). The van der Waals surface area contributed by atoms with Crippen LogP contribution >= 0.6 is 0 Å². The van der Waals surface area contributed by atoms with E-state index in [0.29, 0.717) is 5.91 Å². The molecule has 0 atom stereocenters. The van der Waals surface area contributed by atoms with Gasteiger partial charge in [0.25, 0.3) is 0 Å². The molecule has 0 aromatic heterocycles. The van der Waals surface area contributed by atoms with Crippen molar-refractivity contribution in [1.82, 2.24) is 9.80 Å². The lowest BCUT2D eigenvalue weighted by Crippen LogP contribution is -2.56. The Kier molecular flexibility index (Phi) is 5.13. The number of rotatable bonds is 2. The molecule has 27 heavy (non-hydrogen) atoms. The number of amides is 1. The average molecular weight is 369 g/mol. The highest BCUT2D eigenvalue weighted by molar-refractivity contribution is 5.88. The van der Waals surface area contributed by atoms with Crippen molar-refractivity contribution in [3.8, 4) is 0 Å². The molecule has 3 aliphatic heterocycles. The highest BCUT2D eigenvalue weighted by Crippen LogP contribution is 2.39. The van der Waals surface area contributed by atoms with Crippen LogP contribution in [0.15, 0.2) is 42.0 Å². The second-order valence-corrected chi connectivity index (χ2v) is 8.70. The van der Waals surface area contributed by atoms with Gasteiger partial charge in [0.15, 0.2) is 0 Å². The maximum atomic E-state index is 13.8. The zero-order valence-corrected chi connectivity index (χ0v) is 16.7. The fraction of sp³-hybridized carbons (Fsp3) is 0.609. The summed E-state index contributed by atoms with van der Waals surface area (Å²) in [4.78, 5) is 18.2. The number of hydrogen-bond donors (Lipinski definition) is 0. The van der Waals surface area contributed by atoms with Crippen molar-refractivity contribution in [1.29, 1.82) is 0 Å². The van der Waals surface area contributed by atoms with Crippen LogP contribution in [0.4, 0.5) is 0 Å². The summed E-state index contributed by atoms with van der Waals surface area (Å²) in [5.74, 6) is 0.327. The molecule has 3 aliphatic rings. The third-order valence-corrected chi connectivity index (χ3v) is 6.87. The van der Waals surface area contributed by atoms with Gasteiger partial charge >= 0.3 is 0 Å². The summed E-state index contributed by atoms with van der Waals surface area (Å²) < 4.78 is 6.15. The van der Waals surface area contributed by atoms with E-state index in [4.69, 9.17) is 4.74 Å². The van der Waals surface area contributed by atoms with Crippen molar-refractivity contribution < 1.29 is 9.53 Å². The van der Waals surface area contributed by atoms with E-state index in [-0.39, 0.29) is 11.0 Å². The predicted octanol–water partition coefficient (Wildman–Crippen LogP) is 3.38. The number of likely N-dealkylation sites (tertiary alicyclic amines) is 2. The molecule has 1 amide bonds. The smallest absolute Gasteiger partial charge is 0.233 e. The molecule has 1 aromatic carbocycles. The van der Waals surface area contributed by atoms with Crippen molar-refractivity contribution in [3.05, 3.63) is 47.5 Å². The Bertz CT molecular complexity index is 696. The van der Waals surface area contributed by atoms with Crippen molar-refractivity contribution in [2.45, 2.75) is 50.0 Å². The van der Waals surface area contributed by atoms with E-state index in [1.807, 2.05) is 6.07 Å². The molecule has 2 fully saturated rings. The minimum absolute atomic E-state index is 0.133. The highest BCUT2D eigenvalue weighted by Gasteiger charge is 2.46. The zero-order valence-electron chi connectivity index (χ0n) is 16.7. The number of carbonyl (C=O) groups excluding carboxylic acids is 1. The summed E-state index contributed by atoms with van der Waals surface area (Å²) >= 11 is 0. The first kappa shape index (κ1) is 18.7. The molecule has 4 nitrogen and oxygen atoms in total. The van der Waals surface area contributed by atoms with Gasteiger partial charge in [-0.1, -0.05) is 42.0 Å². The summed E-state index contributed by atoms with van der Waals surface area (Å²) in [7, 11) is 2.15. The molecular weight excluding hydrogens is 336 g/mol. The molecule has 0 unspecified atom stereocenters. The lowest BCUT2D eigenvalue weighted by molar-refractivity contribution is -0.144. The van der Waals surface area contributed by atoms with Gasteiger partial charge in [-0.05, 0) is 64.7 Å². The van der Waals surface area contributed by atoms with Gasteiger partial charge in [0.2, 0.25) is 5.91 Å².